The monoisotopic (exact) mass is 426 g/mol. The van der Waals surface area contributed by atoms with Crippen LogP contribution in [0.15, 0.2) is 41.8 Å². The lowest BCUT2D eigenvalue weighted by atomic mass is 10.3. The van der Waals surface area contributed by atoms with Crippen LogP contribution in [0.2, 0.25) is 0 Å². The van der Waals surface area contributed by atoms with Gasteiger partial charge in [0.25, 0.3) is 5.91 Å². The quantitative estimate of drug-likeness (QED) is 0.421. The van der Waals surface area contributed by atoms with E-state index in [0.717, 1.165) is 27.4 Å². The number of rotatable bonds is 7. The number of benzene rings is 1. The molecule has 0 aliphatic rings. The van der Waals surface area contributed by atoms with Crippen LogP contribution in [0.5, 0.6) is 5.75 Å². The molecule has 0 unspecified atom stereocenters. The second-order valence-electron chi connectivity index (χ2n) is 6.62. The molecule has 6 nitrogen and oxygen atoms in total. The molecule has 29 heavy (non-hydrogen) atoms. The van der Waals surface area contributed by atoms with Gasteiger partial charge in [0.2, 0.25) is 0 Å². The number of thiophene rings is 1. The maximum Gasteiger partial charge on any atom is 0.270 e. The maximum atomic E-state index is 13.2. The minimum absolute atomic E-state index is 0.0430. The highest BCUT2D eigenvalue weighted by Gasteiger charge is 2.23. The van der Waals surface area contributed by atoms with E-state index >= 15 is 0 Å². The summed E-state index contributed by atoms with van der Waals surface area (Å²) in [5, 5.41) is 7.11. The fourth-order valence-electron chi connectivity index (χ4n) is 3.21. The van der Waals surface area contributed by atoms with Crippen LogP contribution in [0.1, 0.15) is 28.0 Å². The molecule has 0 N–H and O–H groups in total. The highest BCUT2D eigenvalue weighted by molar-refractivity contribution is 7.22. The summed E-state index contributed by atoms with van der Waals surface area (Å²) in [7, 11) is 0. The first-order valence-electron chi connectivity index (χ1n) is 9.45. The molecule has 0 bridgehead atoms. The van der Waals surface area contributed by atoms with Gasteiger partial charge in [-0.05, 0) is 50.4 Å². The van der Waals surface area contributed by atoms with E-state index in [2.05, 4.69) is 5.10 Å². The largest absolute Gasteiger partial charge is 0.492 e. The number of para-hydroxylation sites is 1. The number of carbonyl (C=O) groups excluding carboxylic acids is 1. The maximum absolute atomic E-state index is 13.2. The molecule has 0 aliphatic carbocycles. The SMILES string of the molecule is CCOc1cccc2sc(N(CCn3nc(C)cc3C)C(=O)c3cccs3)nc12. The first-order chi connectivity index (χ1) is 14.1. The summed E-state index contributed by atoms with van der Waals surface area (Å²) < 4.78 is 8.66. The molecule has 0 saturated heterocycles. The Morgan fingerprint density at radius 2 is 2.10 bits per heavy atom. The number of aromatic nitrogens is 3. The number of ether oxygens (including phenoxy) is 1. The van der Waals surface area contributed by atoms with E-state index in [1.54, 1.807) is 4.90 Å². The van der Waals surface area contributed by atoms with Gasteiger partial charge >= 0.3 is 0 Å². The molecule has 1 aromatic carbocycles. The van der Waals surface area contributed by atoms with Crippen molar-refractivity contribution in [2.75, 3.05) is 18.1 Å². The van der Waals surface area contributed by atoms with Crippen molar-refractivity contribution in [3.63, 3.8) is 0 Å². The number of nitrogens with zero attached hydrogens (tertiary/aromatic N) is 4. The third-order valence-corrected chi connectivity index (χ3v) is 6.42. The molecule has 3 aromatic heterocycles. The Morgan fingerprint density at radius 1 is 1.24 bits per heavy atom. The van der Waals surface area contributed by atoms with E-state index < -0.39 is 0 Å². The van der Waals surface area contributed by atoms with Gasteiger partial charge in [0.05, 0.1) is 28.4 Å². The summed E-state index contributed by atoms with van der Waals surface area (Å²) in [5.41, 5.74) is 2.85. The van der Waals surface area contributed by atoms with Gasteiger partial charge in [-0.15, -0.1) is 11.3 Å². The van der Waals surface area contributed by atoms with Crippen LogP contribution >= 0.6 is 22.7 Å². The van der Waals surface area contributed by atoms with Crippen molar-refractivity contribution in [3.05, 3.63) is 58.0 Å². The van der Waals surface area contributed by atoms with Crippen molar-refractivity contribution in [2.45, 2.75) is 27.3 Å². The van der Waals surface area contributed by atoms with Crippen LogP contribution in [0.25, 0.3) is 10.2 Å². The second kappa shape index (κ2) is 8.34. The topological polar surface area (TPSA) is 60.2 Å². The molecule has 4 aromatic rings. The molecule has 150 valence electrons. The summed E-state index contributed by atoms with van der Waals surface area (Å²) >= 11 is 2.94. The van der Waals surface area contributed by atoms with Crippen LogP contribution in [-0.2, 0) is 6.54 Å². The molecule has 0 saturated carbocycles. The van der Waals surface area contributed by atoms with Crippen LogP contribution in [0, 0.1) is 13.8 Å². The Morgan fingerprint density at radius 3 is 2.79 bits per heavy atom. The predicted molar refractivity (Wildman–Crippen MR) is 118 cm³/mol. The number of thiazole rings is 1. The lowest BCUT2D eigenvalue weighted by Crippen LogP contribution is -2.33. The van der Waals surface area contributed by atoms with Crippen molar-refractivity contribution < 1.29 is 9.53 Å². The van der Waals surface area contributed by atoms with Gasteiger partial charge in [0, 0.05) is 12.2 Å². The third-order valence-electron chi connectivity index (χ3n) is 4.52. The van der Waals surface area contributed by atoms with Crippen LogP contribution in [-0.4, -0.2) is 33.8 Å². The molecule has 3 heterocycles. The van der Waals surface area contributed by atoms with E-state index in [1.165, 1.54) is 22.7 Å². The van der Waals surface area contributed by atoms with Crippen LogP contribution in [0.4, 0.5) is 5.13 Å². The van der Waals surface area contributed by atoms with E-state index in [0.29, 0.717) is 29.7 Å². The number of aryl methyl sites for hydroxylation is 2. The zero-order chi connectivity index (χ0) is 20.4. The highest BCUT2D eigenvalue weighted by atomic mass is 32.1. The number of anilines is 1. The number of carbonyl (C=O) groups is 1. The first-order valence-corrected chi connectivity index (χ1v) is 11.1. The summed E-state index contributed by atoms with van der Waals surface area (Å²) in [6.07, 6.45) is 0. The highest BCUT2D eigenvalue weighted by Crippen LogP contribution is 2.35. The Kier molecular flexibility index (Phi) is 5.64. The molecule has 0 spiro atoms. The van der Waals surface area contributed by atoms with E-state index in [-0.39, 0.29) is 5.91 Å². The molecular weight excluding hydrogens is 404 g/mol. The summed E-state index contributed by atoms with van der Waals surface area (Å²) in [5.74, 6) is 0.702. The summed E-state index contributed by atoms with van der Waals surface area (Å²) in [4.78, 5) is 20.5. The second-order valence-corrected chi connectivity index (χ2v) is 8.57. The molecule has 0 radical (unpaired) electrons. The van der Waals surface area contributed by atoms with Gasteiger partial charge in [0.15, 0.2) is 5.13 Å². The zero-order valence-electron chi connectivity index (χ0n) is 16.6. The van der Waals surface area contributed by atoms with E-state index in [4.69, 9.17) is 9.72 Å². The van der Waals surface area contributed by atoms with Crippen LogP contribution < -0.4 is 9.64 Å². The van der Waals surface area contributed by atoms with Gasteiger partial charge in [-0.2, -0.15) is 5.10 Å². The van der Waals surface area contributed by atoms with Crippen LogP contribution in [0.3, 0.4) is 0 Å². The molecule has 0 atom stereocenters. The third kappa shape index (κ3) is 4.04. The molecule has 0 aliphatic heterocycles. The fourth-order valence-corrected chi connectivity index (χ4v) is 4.89. The molecular formula is C21H22N4O2S2. The Bertz CT molecular complexity index is 1130. The van der Waals surface area contributed by atoms with Crippen molar-refractivity contribution in [1.29, 1.82) is 0 Å². The predicted octanol–water partition coefficient (Wildman–Crippen LogP) is 4.92. The van der Waals surface area contributed by atoms with Crippen molar-refractivity contribution in [2.24, 2.45) is 0 Å². The lowest BCUT2D eigenvalue weighted by Gasteiger charge is -2.19. The normalized spacial score (nSPS) is 11.1. The first kappa shape index (κ1) is 19.6. The average molecular weight is 427 g/mol. The van der Waals surface area contributed by atoms with Gasteiger partial charge in [-0.1, -0.05) is 23.5 Å². The van der Waals surface area contributed by atoms with Gasteiger partial charge in [0.1, 0.15) is 11.3 Å². The smallest absolute Gasteiger partial charge is 0.270 e. The Hall–Kier alpha value is -2.71. The Balaban J connectivity index is 1.69. The van der Waals surface area contributed by atoms with Gasteiger partial charge in [-0.25, -0.2) is 4.98 Å². The van der Waals surface area contributed by atoms with E-state index in [1.807, 2.05) is 67.2 Å². The summed E-state index contributed by atoms with van der Waals surface area (Å²) in [6.45, 7) is 7.61. The number of hydrogen-bond donors (Lipinski definition) is 0. The van der Waals surface area contributed by atoms with Crippen molar-refractivity contribution in [1.82, 2.24) is 14.8 Å². The van der Waals surface area contributed by atoms with E-state index in [9.17, 15) is 4.79 Å². The average Bonchev–Trinajstić information content (AvgIpc) is 3.43. The number of amides is 1. The number of fused-ring (bicyclic) bond motifs is 1. The van der Waals surface area contributed by atoms with Crippen molar-refractivity contribution in [3.8, 4) is 5.75 Å². The summed E-state index contributed by atoms with van der Waals surface area (Å²) in [6, 6.07) is 11.7. The molecule has 1 amide bonds. The Labute approximate surface area is 177 Å². The molecule has 0 fully saturated rings. The van der Waals surface area contributed by atoms with Gasteiger partial charge in [-0.3, -0.25) is 14.4 Å². The lowest BCUT2D eigenvalue weighted by molar-refractivity contribution is 0.0989. The minimum Gasteiger partial charge on any atom is -0.492 e. The van der Waals surface area contributed by atoms with Crippen molar-refractivity contribution >= 4 is 43.9 Å². The fraction of sp³-hybridized carbons (Fsp3) is 0.286. The zero-order valence-corrected chi connectivity index (χ0v) is 18.2. The van der Waals surface area contributed by atoms with Gasteiger partial charge < -0.3 is 4.74 Å². The number of hydrogen-bond acceptors (Lipinski definition) is 6. The standard InChI is InChI=1S/C21H22N4O2S2/c1-4-27-16-7-5-8-17-19(16)22-21(29-17)24(20(26)18-9-6-12-28-18)10-11-25-15(3)13-14(2)23-25/h5-9,12-13H,4,10-11H2,1-3H3. The minimum atomic E-state index is -0.0430. The molecule has 8 heteroatoms. The molecule has 4 rings (SSSR count).